The summed E-state index contributed by atoms with van der Waals surface area (Å²) >= 11 is 0. The topological polar surface area (TPSA) is 64.6 Å². The van der Waals surface area contributed by atoms with Gasteiger partial charge in [-0.1, -0.05) is 0 Å². The highest BCUT2D eigenvalue weighted by Crippen LogP contribution is 2.20. The standard InChI is InChI=1S/C11H14F3NO4S/c1-18-4-5-19-6-7-20(16,17)15-9-3-2-8(12)10(13)11(9)14/h2-3,15H,4-7H2,1H3. The van der Waals surface area contributed by atoms with Crippen molar-refractivity contribution < 1.29 is 31.1 Å². The van der Waals surface area contributed by atoms with E-state index in [4.69, 9.17) is 9.47 Å². The lowest BCUT2D eigenvalue weighted by atomic mass is 10.3. The molecule has 0 saturated carbocycles. The Hall–Kier alpha value is -1.32. The molecule has 0 aromatic heterocycles. The highest BCUT2D eigenvalue weighted by Gasteiger charge is 2.18. The number of nitrogens with one attached hydrogen (secondary N) is 1. The van der Waals surface area contributed by atoms with Gasteiger partial charge in [-0.2, -0.15) is 0 Å². The van der Waals surface area contributed by atoms with Crippen molar-refractivity contribution in [1.82, 2.24) is 0 Å². The molecule has 1 aromatic carbocycles. The zero-order chi connectivity index (χ0) is 15.2. The maximum Gasteiger partial charge on any atom is 0.235 e. The molecule has 1 N–H and O–H groups in total. The first kappa shape index (κ1) is 16.7. The van der Waals surface area contributed by atoms with Crippen LogP contribution in [-0.2, 0) is 19.5 Å². The van der Waals surface area contributed by atoms with Crippen LogP contribution in [-0.4, -0.2) is 41.1 Å². The van der Waals surface area contributed by atoms with Gasteiger partial charge >= 0.3 is 0 Å². The monoisotopic (exact) mass is 313 g/mol. The van der Waals surface area contributed by atoms with Gasteiger partial charge in [0.05, 0.1) is 31.3 Å². The van der Waals surface area contributed by atoms with Crippen LogP contribution in [0.15, 0.2) is 12.1 Å². The number of methoxy groups -OCH3 is 1. The van der Waals surface area contributed by atoms with Crippen molar-refractivity contribution >= 4 is 15.7 Å². The Morgan fingerprint density at radius 3 is 2.45 bits per heavy atom. The molecule has 20 heavy (non-hydrogen) atoms. The van der Waals surface area contributed by atoms with Gasteiger partial charge in [-0.15, -0.1) is 0 Å². The predicted octanol–water partition coefficient (Wildman–Crippen LogP) is 1.51. The van der Waals surface area contributed by atoms with Crippen molar-refractivity contribution in [3.8, 4) is 0 Å². The van der Waals surface area contributed by atoms with Crippen LogP contribution in [0.3, 0.4) is 0 Å². The Labute approximate surface area is 114 Å². The van der Waals surface area contributed by atoms with Crippen molar-refractivity contribution in [2.24, 2.45) is 0 Å². The Balaban J connectivity index is 2.61. The summed E-state index contributed by atoms with van der Waals surface area (Å²) in [7, 11) is -2.45. The third kappa shape index (κ3) is 4.99. The molecule has 0 bridgehead atoms. The molecule has 0 amide bonds. The second kappa shape index (κ2) is 7.46. The van der Waals surface area contributed by atoms with Gasteiger partial charge in [0.1, 0.15) is 0 Å². The van der Waals surface area contributed by atoms with Gasteiger partial charge < -0.3 is 9.47 Å². The van der Waals surface area contributed by atoms with E-state index in [0.717, 1.165) is 6.07 Å². The summed E-state index contributed by atoms with van der Waals surface area (Å²) < 4.78 is 73.5. The molecule has 0 heterocycles. The number of hydrogen-bond acceptors (Lipinski definition) is 4. The minimum atomic E-state index is -3.92. The highest BCUT2D eigenvalue weighted by atomic mass is 32.2. The van der Waals surface area contributed by atoms with E-state index in [1.54, 1.807) is 0 Å². The van der Waals surface area contributed by atoms with Gasteiger partial charge in [0, 0.05) is 7.11 Å². The molecular weight excluding hydrogens is 299 g/mol. The average molecular weight is 313 g/mol. The van der Waals surface area contributed by atoms with Crippen molar-refractivity contribution in [1.29, 1.82) is 0 Å². The molecule has 114 valence electrons. The summed E-state index contributed by atoms with van der Waals surface area (Å²) in [6, 6.07) is 1.43. The van der Waals surface area contributed by atoms with E-state index in [9.17, 15) is 21.6 Å². The number of hydrogen-bond donors (Lipinski definition) is 1. The molecule has 0 unspecified atom stereocenters. The Morgan fingerprint density at radius 1 is 1.10 bits per heavy atom. The molecule has 1 rings (SSSR count). The number of halogens is 3. The van der Waals surface area contributed by atoms with Gasteiger partial charge in [-0.3, -0.25) is 4.72 Å². The summed E-state index contributed by atoms with van der Waals surface area (Å²) in [5, 5.41) is 0. The molecule has 0 aliphatic heterocycles. The fourth-order valence-electron chi connectivity index (χ4n) is 1.24. The van der Waals surface area contributed by atoms with E-state index in [1.165, 1.54) is 7.11 Å². The van der Waals surface area contributed by atoms with E-state index in [1.807, 2.05) is 4.72 Å². The van der Waals surface area contributed by atoms with Crippen LogP contribution in [0.5, 0.6) is 0 Å². The van der Waals surface area contributed by atoms with Crippen molar-refractivity contribution in [3.63, 3.8) is 0 Å². The Kier molecular flexibility index (Phi) is 6.24. The molecule has 0 radical (unpaired) electrons. The average Bonchev–Trinajstić information content (AvgIpc) is 2.39. The molecule has 1 aromatic rings. The number of benzene rings is 1. The third-order valence-electron chi connectivity index (χ3n) is 2.23. The molecule has 0 aliphatic carbocycles. The Morgan fingerprint density at radius 2 is 1.80 bits per heavy atom. The largest absolute Gasteiger partial charge is 0.382 e. The van der Waals surface area contributed by atoms with E-state index in [-0.39, 0.29) is 13.2 Å². The lowest BCUT2D eigenvalue weighted by Crippen LogP contribution is -2.21. The molecule has 0 saturated heterocycles. The zero-order valence-electron chi connectivity index (χ0n) is 10.7. The van der Waals surface area contributed by atoms with Crippen molar-refractivity contribution in [2.45, 2.75) is 0 Å². The maximum atomic E-state index is 13.3. The quantitative estimate of drug-likeness (QED) is 0.584. The summed E-state index contributed by atoms with van der Waals surface area (Å²) in [5.41, 5.74) is -0.652. The minimum absolute atomic E-state index is 0.135. The fourth-order valence-corrected chi connectivity index (χ4v) is 2.17. The van der Waals surface area contributed by atoms with Gasteiger partial charge in [-0.25, -0.2) is 21.6 Å². The van der Waals surface area contributed by atoms with E-state index in [2.05, 4.69) is 0 Å². The number of anilines is 1. The SMILES string of the molecule is COCCOCCS(=O)(=O)Nc1ccc(F)c(F)c1F. The molecule has 0 fully saturated rings. The number of rotatable bonds is 8. The molecule has 0 spiro atoms. The summed E-state index contributed by atoms with van der Waals surface area (Å²) in [6.45, 7) is 0.390. The van der Waals surface area contributed by atoms with Crippen LogP contribution < -0.4 is 4.72 Å². The lowest BCUT2D eigenvalue weighted by molar-refractivity contribution is 0.0785. The number of ether oxygens (including phenoxy) is 2. The first-order valence-electron chi connectivity index (χ1n) is 5.58. The first-order chi connectivity index (χ1) is 9.37. The summed E-state index contributed by atoms with van der Waals surface area (Å²) in [4.78, 5) is 0. The molecule has 5 nitrogen and oxygen atoms in total. The minimum Gasteiger partial charge on any atom is -0.382 e. The van der Waals surface area contributed by atoms with Gasteiger partial charge in [0.25, 0.3) is 0 Å². The second-order valence-electron chi connectivity index (χ2n) is 3.75. The maximum absolute atomic E-state index is 13.3. The first-order valence-corrected chi connectivity index (χ1v) is 7.23. The van der Waals surface area contributed by atoms with Crippen LogP contribution >= 0.6 is 0 Å². The third-order valence-corrected chi connectivity index (χ3v) is 3.46. The molecular formula is C11H14F3NO4S. The fraction of sp³-hybridized carbons (Fsp3) is 0.455. The van der Waals surface area contributed by atoms with E-state index >= 15 is 0 Å². The normalized spacial score (nSPS) is 11.6. The Bertz CT molecular complexity index is 551. The van der Waals surface area contributed by atoms with Crippen LogP contribution in [0.2, 0.25) is 0 Å². The highest BCUT2D eigenvalue weighted by molar-refractivity contribution is 7.92. The van der Waals surface area contributed by atoms with Crippen molar-refractivity contribution in [3.05, 3.63) is 29.6 Å². The molecule has 0 atom stereocenters. The zero-order valence-corrected chi connectivity index (χ0v) is 11.5. The van der Waals surface area contributed by atoms with Gasteiger partial charge in [0.2, 0.25) is 10.0 Å². The van der Waals surface area contributed by atoms with Crippen molar-refractivity contribution in [2.75, 3.05) is 37.4 Å². The predicted molar refractivity (Wildman–Crippen MR) is 66.4 cm³/mol. The summed E-state index contributed by atoms with van der Waals surface area (Å²) in [5.74, 6) is -5.17. The smallest absolute Gasteiger partial charge is 0.235 e. The van der Waals surface area contributed by atoms with Crippen LogP contribution in [0.4, 0.5) is 18.9 Å². The molecule has 0 aliphatic rings. The van der Waals surface area contributed by atoms with Gasteiger partial charge in [-0.05, 0) is 12.1 Å². The second-order valence-corrected chi connectivity index (χ2v) is 5.59. The van der Waals surface area contributed by atoms with Gasteiger partial charge in [0.15, 0.2) is 17.5 Å². The summed E-state index contributed by atoms with van der Waals surface area (Å²) in [6.07, 6.45) is 0. The number of sulfonamides is 1. The molecule has 9 heteroatoms. The lowest BCUT2D eigenvalue weighted by Gasteiger charge is -2.09. The van der Waals surface area contributed by atoms with Crippen LogP contribution in [0.25, 0.3) is 0 Å². The van der Waals surface area contributed by atoms with Crippen LogP contribution in [0, 0.1) is 17.5 Å². The van der Waals surface area contributed by atoms with E-state index in [0.29, 0.717) is 12.7 Å². The van der Waals surface area contributed by atoms with E-state index < -0.39 is 38.9 Å². The van der Waals surface area contributed by atoms with Crippen LogP contribution in [0.1, 0.15) is 0 Å².